The molecule has 0 bridgehead atoms. The Bertz CT molecular complexity index is 866. The van der Waals surface area contributed by atoms with E-state index in [1.165, 1.54) is 0 Å². The highest BCUT2D eigenvalue weighted by atomic mass is 16.5. The van der Waals surface area contributed by atoms with Crippen molar-refractivity contribution in [2.75, 3.05) is 26.4 Å². The van der Waals surface area contributed by atoms with Crippen molar-refractivity contribution in [2.24, 2.45) is 10.4 Å². The van der Waals surface area contributed by atoms with Crippen molar-refractivity contribution in [3.8, 4) is 5.88 Å². The largest absolute Gasteiger partial charge is 0.474 e. The molecular weight excluding hydrogens is 344 g/mol. The molecule has 0 radical (unpaired) electrons. The second-order valence-electron chi connectivity index (χ2n) is 7.97. The first kappa shape index (κ1) is 16.9. The monoisotopic (exact) mass is 368 g/mol. The van der Waals surface area contributed by atoms with Gasteiger partial charge < -0.3 is 14.2 Å². The first-order chi connectivity index (χ1) is 13.2. The third-order valence-electron chi connectivity index (χ3n) is 5.44. The van der Waals surface area contributed by atoms with E-state index in [9.17, 15) is 0 Å². The molecule has 0 aliphatic carbocycles. The first-order valence-electron chi connectivity index (χ1n) is 9.58. The number of aromatic nitrogens is 3. The van der Waals surface area contributed by atoms with E-state index in [4.69, 9.17) is 19.2 Å². The van der Waals surface area contributed by atoms with Crippen molar-refractivity contribution in [1.82, 2.24) is 14.8 Å². The number of aliphatic imine (C=N–C) groups is 1. The van der Waals surface area contributed by atoms with Gasteiger partial charge in [0.1, 0.15) is 6.10 Å². The maximum atomic E-state index is 6.25. The van der Waals surface area contributed by atoms with Crippen LogP contribution >= 0.6 is 0 Å². The summed E-state index contributed by atoms with van der Waals surface area (Å²) >= 11 is 0. The molecule has 27 heavy (non-hydrogen) atoms. The van der Waals surface area contributed by atoms with Crippen molar-refractivity contribution in [1.29, 1.82) is 0 Å². The smallest absolute Gasteiger partial charge is 0.223 e. The third kappa shape index (κ3) is 3.26. The van der Waals surface area contributed by atoms with Crippen LogP contribution in [0.4, 0.5) is 0 Å². The van der Waals surface area contributed by atoms with E-state index in [1.54, 1.807) is 0 Å². The lowest BCUT2D eigenvalue weighted by Gasteiger charge is -2.37. The van der Waals surface area contributed by atoms with E-state index in [0.717, 1.165) is 68.2 Å². The van der Waals surface area contributed by atoms with Crippen LogP contribution in [0.15, 0.2) is 29.6 Å². The summed E-state index contributed by atoms with van der Waals surface area (Å²) in [4.78, 5) is 9.29. The van der Waals surface area contributed by atoms with Crippen molar-refractivity contribution in [2.45, 2.75) is 39.0 Å². The van der Waals surface area contributed by atoms with Gasteiger partial charge in [-0.05, 0) is 11.6 Å². The van der Waals surface area contributed by atoms with E-state index in [-0.39, 0.29) is 11.5 Å². The molecule has 5 heterocycles. The topological polar surface area (TPSA) is 70.8 Å². The van der Waals surface area contributed by atoms with Gasteiger partial charge in [0.2, 0.25) is 5.88 Å². The van der Waals surface area contributed by atoms with E-state index < -0.39 is 0 Å². The van der Waals surface area contributed by atoms with Gasteiger partial charge >= 0.3 is 0 Å². The molecule has 0 amide bonds. The average Bonchev–Trinajstić information content (AvgIpc) is 3.28. The minimum Gasteiger partial charge on any atom is -0.474 e. The lowest BCUT2D eigenvalue weighted by molar-refractivity contribution is -0.111. The van der Waals surface area contributed by atoms with Crippen LogP contribution in [-0.4, -0.2) is 53.0 Å². The SMILES string of the molecule is CC1(Cn2cc(C3=NCc4ccnc(OC5CCOCC5)c43)cn2)COC1. The van der Waals surface area contributed by atoms with E-state index in [2.05, 4.69) is 23.2 Å². The highest BCUT2D eigenvalue weighted by molar-refractivity contribution is 6.16. The zero-order valence-electron chi connectivity index (χ0n) is 15.6. The molecule has 0 N–H and O–H groups in total. The fraction of sp³-hybridized carbons (Fsp3) is 0.550. The summed E-state index contributed by atoms with van der Waals surface area (Å²) in [6.45, 7) is 6.81. The number of fused-ring (bicyclic) bond motifs is 1. The average molecular weight is 368 g/mol. The quantitative estimate of drug-likeness (QED) is 0.809. The van der Waals surface area contributed by atoms with Crippen LogP contribution in [-0.2, 0) is 22.6 Å². The Kier molecular flexibility index (Phi) is 4.21. The summed E-state index contributed by atoms with van der Waals surface area (Å²) < 4.78 is 19.0. The van der Waals surface area contributed by atoms with Crippen LogP contribution < -0.4 is 4.74 Å². The fourth-order valence-electron chi connectivity index (χ4n) is 3.89. The standard InChI is InChI=1S/C20H24N4O3/c1-20(12-26-13-20)11-24-10-15(9-23-24)18-17-14(8-22-18)2-5-21-19(17)27-16-3-6-25-7-4-16/h2,5,9-10,16H,3-4,6-8,11-13H2,1H3. The second-order valence-corrected chi connectivity index (χ2v) is 7.97. The van der Waals surface area contributed by atoms with Gasteiger partial charge in [0.25, 0.3) is 0 Å². The van der Waals surface area contributed by atoms with Crippen LogP contribution in [0.1, 0.15) is 36.5 Å². The van der Waals surface area contributed by atoms with Gasteiger partial charge in [-0.2, -0.15) is 5.10 Å². The summed E-state index contributed by atoms with van der Waals surface area (Å²) in [7, 11) is 0. The molecule has 2 saturated heterocycles. The van der Waals surface area contributed by atoms with E-state index in [1.807, 2.05) is 23.1 Å². The molecule has 142 valence electrons. The highest BCUT2D eigenvalue weighted by Gasteiger charge is 2.34. The molecule has 0 atom stereocenters. The van der Waals surface area contributed by atoms with Gasteiger partial charge in [-0.3, -0.25) is 9.67 Å². The lowest BCUT2D eigenvalue weighted by atomic mass is 9.89. The van der Waals surface area contributed by atoms with Crippen LogP contribution in [0.3, 0.4) is 0 Å². The molecule has 3 aliphatic rings. The van der Waals surface area contributed by atoms with Crippen molar-refractivity contribution in [3.05, 3.63) is 41.3 Å². The molecule has 0 spiro atoms. The molecule has 2 aromatic rings. The highest BCUT2D eigenvalue weighted by Crippen LogP contribution is 2.32. The molecule has 2 fully saturated rings. The second kappa shape index (κ2) is 6.73. The Labute approximate surface area is 158 Å². The van der Waals surface area contributed by atoms with E-state index >= 15 is 0 Å². The Morgan fingerprint density at radius 3 is 2.89 bits per heavy atom. The maximum absolute atomic E-state index is 6.25. The summed E-state index contributed by atoms with van der Waals surface area (Å²) in [6, 6.07) is 2.03. The number of hydrogen-bond acceptors (Lipinski definition) is 6. The van der Waals surface area contributed by atoms with Gasteiger partial charge in [-0.15, -0.1) is 0 Å². The Morgan fingerprint density at radius 1 is 1.26 bits per heavy atom. The molecule has 2 aromatic heterocycles. The van der Waals surface area contributed by atoms with Crippen molar-refractivity contribution >= 4 is 5.71 Å². The minimum atomic E-state index is 0.154. The summed E-state index contributed by atoms with van der Waals surface area (Å²) in [5.74, 6) is 0.683. The molecular formula is C20H24N4O3. The summed E-state index contributed by atoms with van der Waals surface area (Å²) in [6.07, 6.45) is 7.73. The van der Waals surface area contributed by atoms with Gasteiger partial charge in [0, 0.05) is 36.2 Å². The van der Waals surface area contributed by atoms with Gasteiger partial charge in [0.05, 0.1) is 57.0 Å². The predicted octanol–water partition coefficient (Wildman–Crippen LogP) is 2.22. The first-order valence-corrected chi connectivity index (χ1v) is 9.58. The molecule has 0 aromatic carbocycles. The maximum Gasteiger partial charge on any atom is 0.223 e. The lowest BCUT2D eigenvalue weighted by Crippen LogP contribution is -2.43. The van der Waals surface area contributed by atoms with Crippen LogP contribution in [0.25, 0.3) is 0 Å². The van der Waals surface area contributed by atoms with Gasteiger partial charge in [0.15, 0.2) is 0 Å². The Morgan fingerprint density at radius 2 is 2.11 bits per heavy atom. The molecule has 0 unspecified atom stereocenters. The molecule has 7 nitrogen and oxygen atoms in total. The van der Waals surface area contributed by atoms with E-state index in [0.29, 0.717) is 12.4 Å². The number of pyridine rings is 1. The van der Waals surface area contributed by atoms with Crippen LogP contribution in [0, 0.1) is 5.41 Å². The number of ether oxygens (including phenoxy) is 3. The predicted molar refractivity (Wildman–Crippen MR) is 99.2 cm³/mol. The zero-order chi connectivity index (χ0) is 18.3. The molecule has 7 heteroatoms. The van der Waals surface area contributed by atoms with Crippen molar-refractivity contribution in [3.63, 3.8) is 0 Å². The molecule has 3 aliphatic heterocycles. The normalized spacial score (nSPS) is 21.4. The Hall–Kier alpha value is -2.25. The van der Waals surface area contributed by atoms with Crippen molar-refractivity contribution < 1.29 is 14.2 Å². The van der Waals surface area contributed by atoms with Gasteiger partial charge in [-0.25, -0.2) is 4.98 Å². The zero-order valence-corrected chi connectivity index (χ0v) is 15.6. The summed E-state index contributed by atoms with van der Waals surface area (Å²) in [5, 5.41) is 4.55. The fourth-order valence-corrected chi connectivity index (χ4v) is 3.89. The van der Waals surface area contributed by atoms with Crippen LogP contribution in [0.5, 0.6) is 5.88 Å². The molecule has 0 saturated carbocycles. The third-order valence-corrected chi connectivity index (χ3v) is 5.44. The minimum absolute atomic E-state index is 0.154. The Balaban J connectivity index is 1.39. The summed E-state index contributed by atoms with van der Waals surface area (Å²) in [5.41, 5.74) is 4.30. The van der Waals surface area contributed by atoms with Crippen LogP contribution in [0.2, 0.25) is 0 Å². The number of rotatable bonds is 5. The number of nitrogens with zero attached hydrogens (tertiary/aromatic N) is 4. The van der Waals surface area contributed by atoms with Gasteiger partial charge in [-0.1, -0.05) is 6.92 Å². The molecule has 5 rings (SSSR count). The number of hydrogen-bond donors (Lipinski definition) is 0.